The van der Waals surface area contributed by atoms with E-state index in [1.54, 1.807) is 12.4 Å². The van der Waals surface area contributed by atoms with E-state index in [1.165, 1.54) is 6.26 Å². The Bertz CT molecular complexity index is 963. The Hall–Kier alpha value is -1.81. The summed E-state index contributed by atoms with van der Waals surface area (Å²) in [6.07, 6.45) is 6.94. The van der Waals surface area contributed by atoms with Gasteiger partial charge < -0.3 is 9.26 Å². The van der Waals surface area contributed by atoms with Crippen LogP contribution in [0.2, 0.25) is 0 Å². The molecule has 3 fully saturated rings. The molecule has 1 spiro atoms. The highest BCUT2D eigenvalue weighted by atomic mass is 32.2. The van der Waals surface area contributed by atoms with Gasteiger partial charge in [-0.25, -0.2) is 13.1 Å². The molecule has 28 heavy (non-hydrogen) atoms. The van der Waals surface area contributed by atoms with Crippen LogP contribution in [0, 0.1) is 11.8 Å². The summed E-state index contributed by atoms with van der Waals surface area (Å²) in [6.45, 7) is 2.87. The molecule has 3 saturated heterocycles. The lowest BCUT2D eigenvalue weighted by atomic mass is 9.74. The summed E-state index contributed by atoms with van der Waals surface area (Å²) >= 11 is 0. The molecule has 0 saturated carbocycles. The van der Waals surface area contributed by atoms with Crippen LogP contribution >= 0.6 is 0 Å². The van der Waals surface area contributed by atoms with Crippen LogP contribution in [0.15, 0.2) is 35.1 Å². The lowest BCUT2D eigenvalue weighted by Crippen LogP contribution is -2.41. The molecule has 2 aromatic rings. The van der Waals surface area contributed by atoms with Crippen LogP contribution in [0.25, 0.3) is 11.3 Å². The van der Waals surface area contributed by atoms with Gasteiger partial charge in [-0.05, 0) is 25.0 Å². The lowest BCUT2D eigenvalue weighted by Gasteiger charge is -2.29. The number of sulfonamides is 1. The molecule has 0 amide bonds. The number of aromatic nitrogens is 2. The lowest BCUT2D eigenvalue weighted by molar-refractivity contribution is 0.00163. The van der Waals surface area contributed by atoms with Gasteiger partial charge >= 0.3 is 0 Å². The normalized spacial score (nSPS) is 32.1. The number of ether oxygens (including phenoxy) is 1. The molecular weight excluding hydrogens is 380 g/mol. The molecule has 0 aromatic carbocycles. The molecule has 2 aromatic heterocycles. The van der Waals surface area contributed by atoms with Crippen molar-refractivity contribution in [2.45, 2.75) is 31.1 Å². The molecule has 0 radical (unpaired) electrons. The van der Waals surface area contributed by atoms with Crippen molar-refractivity contribution in [3.8, 4) is 11.3 Å². The van der Waals surface area contributed by atoms with Crippen molar-refractivity contribution in [2.75, 3.05) is 25.9 Å². The van der Waals surface area contributed by atoms with Crippen molar-refractivity contribution in [1.29, 1.82) is 0 Å². The topological polar surface area (TPSA) is 97.6 Å². The van der Waals surface area contributed by atoms with Crippen LogP contribution in [0.1, 0.15) is 18.6 Å². The number of likely N-dealkylation sites (tertiary alicyclic amines) is 1. The minimum absolute atomic E-state index is 0.138. The molecule has 0 unspecified atom stereocenters. The third-order valence-electron chi connectivity index (χ3n) is 6.33. The Balaban J connectivity index is 1.27. The summed E-state index contributed by atoms with van der Waals surface area (Å²) in [5.41, 5.74) is 1.58. The molecule has 8 nitrogen and oxygen atoms in total. The molecule has 9 heteroatoms. The first-order chi connectivity index (χ1) is 13.4. The summed E-state index contributed by atoms with van der Waals surface area (Å²) in [5, 5.41) is 4.17. The number of hydrogen-bond acceptors (Lipinski definition) is 7. The Morgan fingerprint density at radius 1 is 1.43 bits per heavy atom. The van der Waals surface area contributed by atoms with Gasteiger partial charge in [0.25, 0.3) is 0 Å². The van der Waals surface area contributed by atoms with E-state index in [4.69, 9.17) is 9.26 Å². The van der Waals surface area contributed by atoms with Gasteiger partial charge in [-0.15, -0.1) is 0 Å². The van der Waals surface area contributed by atoms with Gasteiger partial charge in [0.2, 0.25) is 10.0 Å². The van der Waals surface area contributed by atoms with E-state index in [0.29, 0.717) is 19.0 Å². The van der Waals surface area contributed by atoms with Crippen LogP contribution in [-0.2, 0) is 21.3 Å². The molecule has 5 heterocycles. The molecule has 150 valence electrons. The van der Waals surface area contributed by atoms with Crippen molar-refractivity contribution in [2.24, 2.45) is 11.8 Å². The van der Waals surface area contributed by atoms with Crippen molar-refractivity contribution < 1.29 is 17.7 Å². The average Bonchev–Trinajstić information content (AvgIpc) is 3.40. The van der Waals surface area contributed by atoms with Crippen LogP contribution in [0.3, 0.4) is 0 Å². The standard InChI is InChI=1S/C19H24N4O4S/c1-28(24,25)21-9-15-16-11-23(12-19(16)5-4-18(15)26-19)10-14-7-17(22-27-14)13-3-2-6-20-8-13/h2-3,6-8,15-16,18,21H,4-5,9-12H2,1H3/t15-,16+,18+,19+/m0/s1. The van der Waals surface area contributed by atoms with Crippen molar-refractivity contribution in [3.05, 3.63) is 36.4 Å². The van der Waals surface area contributed by atoms with E-state index in [9.17, 15) is 8.42 Å². The number of rotatable bonds is 6. The van der Waals surface area contributed by atoms with Crippen LogP contribution < -0.4 is 4.72 Å². The molecule has 4 atom stereocenters. The fourth-order valence-electron chi connectivity index (χ4n) is 5.19. The monoisotopic (exact) mass is 404 g/mol. The van der Waals surface area contributed by atoms with Gasteiger partial charge in [-0.1, -0.05) is 5.16 Å². The number of fused-ring (bicyclic) bond motifs is 1. The Morgan fingerprint density at radius 2 is 2.32 bits per heavy atom. The van der Waals surface area contributed by atoms with E-state index in [-0.39, 0.29) is 17.6 Å². The second-order valence-corrected chi connectivity index (χ2v) is 10.1. The first-order valence-corrected chi connectivity index (χ1v) is 11.5. The summed E-state index contributed by atoms with van der Waals surface area (Å²) in [4.78, 5) is 6.46. The summed E-state index contributed by atoms with van der Waals surface area (Å²) in [7, 11) is -3.19. The zero-order chi connectivity index (χ0) is 19.4. The molecule has 3 aliphatic rings. The van der Waals surface area contributed by atoms with Crippen molar-refractivity contribution >= 4 is 10.0 Å². The SMILES string of the molecule is CS(=O)(=O)NC[C@H]1[C@H]2CN(Cc3cc(-c4cccnc4)no3)C[C@]23CC[C@H]1O3. The van der Waals surface area contributed by atoms with E-state index < -0.39 is 10.0 Å². The molecule has 0 aliphatic carbocycles. The maximum atomic E-state index is 11.5. The fourth-order valence-corrected chi connectivity index (χ4v) is 5.68. The van der Waals surface area contributed by atoms with Gasteiger partial charge in [-0.3, -0.25) is 9.88 Å². The number of nitrogens with one attached hydrogen (secondary N) is 1. The fraction of sp³-hybridized carbons (Fsp3) is 0.579. The second kappa shape index (κ2) is 6.62. The largest absolute Gasteiger partial charge is 0.370 e. The van der Waals surface area contributed by atoms with Crippen molar-refractivity contribution in [3.63, 3.8) is 0 Å². The average molecular weight is 404 g/mol. The highest BCUT2D eigenvalue weighted by Gasteiger charge is 2.62. The number of nitrogens with zero attached hydrogens (tertiary/aromatic N) is 3. The van der Waals surface area contributed by atoms with Crippen LogP contribution in [0.4, 0.5) is 0 Å². The minimum atomic E-state index is -3.19. The Kier molecular flexibility index (Phi) is 4.31. The highest BCUT2D eigenvalue weighted by molar-refractivity contribution is 7.88. The summed E-state index contributed by atoms with van der Waals surface area (Å²) in [6, 6.07) is 5.80. The predicted octanol–water partition coefficient (Wildman–Crippen LogP) is 1.27. The Labute approximate surface area is 164 Å². The maximum absolute atomic E-state index is 11.5. The molecule has 3 aliphatic heterocycles. The van der Waals surface area contributed by atoms with E-state index in [0.717, 1.165) is 42.9 Å². The highest BCUT2D eigenvalue weighted by Crippen LogP contribution is 2.54. The van der Waals surface area contributed by atoms with Gasteiger partial charge in [0.1, 0.15) is 5.69 Å². The molecule has 1 N–H and O–H groups in total. The first kappa shape index (κ1) is 18.2. The minimum Gasteiger partial charge on any atom is -0.370 e. The smallest absolute Gasteiger partial charge is 0.208 e. The van der Waals surface area contributed by atoms with Crippen molar-refractivity contribution in [1.82, 2.24) is 19.8 Å². The van der Waals surface area contributed by atoms with E-state index >= 15 is 0 Å². The van der Waals surface area contributed by atoms with Gasteiger partial charge in [0, 0.05) is 55.5 Å². The van der Waals surface area contributed by atoms with E-state index in [2.05, 4.69) is 19.8 Å². The van der Waals surface area contributed by atoms with E-state index in [1.807, 2.05) is 18.2 Å². The summed E-state index contributed by atoms with van der Waals surface area (Å²) in [5.74, 6) is 1.39. The van der Waals surface area contributed by atoms with Crippen LogP contribution in [-0.4, -0.2) is 61.1 Å². The van der Waals surface area contributed by atoms with Crippen LogP contribution in [0.5, 0.6) is 0 Å². The van der Waals surface area contributed by atoms with Gasteiger partial charge in [0.05, 0.1) is 24.5 Å². The number of hydrogen-bond donors (Lipinski definition) is 1. The Morgan fingerprint density at radius 3 is 3.11 bits per heavy atom. The molecular formula is C19H24N4O4S. The third kappa shape index (κ3) is 3.26. The predicted molar refractivity (Wildman–Crippen MR) is 102 cm³/mol. The molecule has 5 rings (SSSR count). The quantitative estimate of drug-likeness (QED) is 0.774. The molecule has 2 bridgehead atoms. The third-order valence-corrected chi connectivity index (χ3v) is 7.02. The van der Waals surface area contributed by atoms with Gasteiger partial charge in [0.15, 0.2) is 5.76 Å². The maximum Gasteiger partial charge on any atom is 0.208 e. The zero-order valence-corrected chi connectivity index (χ0v) is 16.6. The second-order valence-electron chi connectivity index (χ2n) is 8.24. The zero-order valence-electron chi connectivity index (χ0n) is 15.7. The van der Waals surface area contributed by atoms with Gasteiger partial charge in [-0.2, -0.15) is 0 Å². The summed E-state index contributed by atoms with van der Waals surface area (Å²) < 4.78 is 37.7. The first-order valence-electron chi connectivity index (χ1n) is 9.63. The number of pyridine rings is 1.